The zero-order valence-corrected chi connectivity index (χ0v) is 15.9. The Labute approximate surface area is 155 Å². The highest BCUT2D eigenvalue weighted by molar-refractivity contribution is 5.97. The van der Waals surface area contributed by atoms with Crippen molar-refractivity contribution in [2.75, 3.05) is 7.11 Å². The van der Waals surface area contributed by atoms with Gasteiger partial charge in [-0.3, -0.25) is 4.79 Å². The Morgan fingerprint density at radius 2 is 1.85 bits per heavy atom. The number of hydrogen-bond acceptors (Lipinski definition) is 3. The number of hydrogen-bond donors (Lipinski definition) is 1. The predicted octanol–water partition coefficient (Wildman–Crippen LogP) is 4.70. The molecule has 26 heavy (non-hydrogen) atoms. The fourth-order valence-electron chi connectivity index (χ4n) is 2.79. The number of carbonyl (C=O) groups is 1. The fourth-order valence-corrected chi connectivity index (χ4v) is 2.79. The van der Waals surface area contributed by atoms with Crippen molar-refractivity contribution in [1.82, 2.24) is 5.32 Å². The monoisotopic (exact) mass is 353 g/mol. The first-order valence-corrected chi connectivity index (χ1v) is 8.81. The molecule has 0 aromatic heterocycles. The van der Waals surface area contributed by atoms with Gasteiger partial charge < -0.3 is 14.8 Å². The fraction of sp³-hybridized carbons (Fsp3) is 0.318. The maximum absolute atomic E-state index is 12.9. The lowest BCUT2D eigenvalue weighted by Crippen LogP contribution is -2.28. The van der Waals surface area contributed by atoms with E-state index in [1.807, 2.05) is 51.1 Å². The van der Waals surface area contributed by atoms with Crippen LogP contribution in [-0.4, -0.2) is 19.1 Å². The van der Waals surface area contributed by atoms with Gasteiger partial charge in [-0.15, -0.1) is 6.58 Å². The van der Waals surface area contributed by atoms with Crippen LogP contribution in [0.25, 0.3) is 0 Å². The van der Waals surface area contributed by atoms with Gasteiger partial charge in [0.15, 0.2) is 11.5 Å². The van der Waals surface area contributed by atoms with Gasteiger partial charge in [-0.1, -0.05) is 36.4 Å². The van der Waals surface area contributed by atoms with Crippen LogP contribution in [-0.2, 0) is 6.42 Å². The van der Waals surface area contributed by atoms with Crippen molar-refractivity contribution in [3.8, 4) is 11.5 Å². The summed E-state index contributed by atoms with van der Waals surface area (Å²) in [4.78, 5) is 12.9. The molecule has 0 bridgehead atoms. The van der Waals surface area contributed by atoms with Gasteiger partial charge >= 0.3 is 0 Å². The summed E-state index contributed by atoms with van der Waals surface area (Å²) in [5.74, 6) is 1.07. The lowest BCUT2D eigenvalue weighted by atomic mass is 10.0. The van der Waals surface area contributed by atoms with Gasteiger partial charge in [0.2, 0.25) is 0 Å². The highest BCUT2D eigenvalue weighted by atomic mass is 16.5. The number of rotatable bonds is 8. The second kappa shape index (κ2) is 9.09. The van der Waals surface area contributed by atoms with Gasteiger partial charge in [0.05, 0.1) is 19.3 Å². The number of allylic oxidation sites excluding steroid dienone is 1. The molecular weight excluding hydrogens is 326 g/mol. The zero-order valence-electron chi connectivity index (χ0n) is 15.9. The first kappa shape index (κ1) is 19.6. The minimum Gasteiger partial charge on any atom is -0.493 e. The number of ether oxygens (including phenoxy) is 2. The van der Waals surface area contributed by atoms with Crippen LogP contribution in [0.4, 0.5) is 0 Å². The van der Waals surface area contributed by atoms with Crippen molar-refractivity contribution in [2.45, 2.75) is 39.3 Å². The van der Waals surface area contributed by atoms with Gasteiger partial charge in [0.1, 0.15) is 0 Å². The van der Waals surface area contributed by atoms with Gasteiger partial charge in [0, 0.05) is 11.1 Å². The van der Waals surface area contributed by atoms with Crippen molar-refractivity contribution in [1.29, 1.82) is 0 Å². The summed E-state index contributed by atoms with van der Waals surface area (Å²) >= 11 is 0. The molecule has 0 aliphatic carbocycles. The Balaban J connectivity index is 2.37. The normalized spacial score (nSPS) is 11.7. The second-order valence-corrected chi connectivity index (χ2v) is 6.39. The minimum atomic E-state index is -0.144. The summed E-state index contributed by atoms with van der Waals surface area (Å²) in [6, 6.07) is 13.3. The van der Waals surface area contributed by atoms with Crippen LogP contribution in [0.5, 0.6) is 11.5 Å². The summed E-state index contributed by atoms with van der Waals surface area (Å²) < 4.78 is 11.4. The van der Waals surface area contributed by atoms with E-state index in [9.17, 15) is 4.79 Å². The third-order valence-electron chi connectivity index (χ3n) is 4.04. The standard InChI is InChI=1S/C22H27NO3/c1-6-10-18-19(13-14-20(25-5)21(18)26-15(2)3)22(24)23-16(4)17-11-8-7-9-12-17/h6-9,11-16H,1,10H2,2-5H3,(H,23,24)/t16-/m1/s1. The summed E-state index contributed by atoms with van der Waals surface area (Å²) in [6.07, 6.45) is 2.25. The largest absolute Gasteiger partial charge is 0.493 e. The lowest BCUT2D eigenvalue weighted by molar-refractivity contribution is 0.0938. The van der Waals surface area contributed by atoms with E-state index < -0.39 is 0 Å². The molecule has 4 nitrogen and oxygen atoms in total. The smallest absolute Gasteiger partial charge is 0.252 e. The lowest BCUT2D eigenvalue weighted by Gasteiger charge is -2.21. The van der Waals surface area contributed by atoms with E-state index in [4.69, 9.17) is 9.47 Å². The van der Waals surface area contributed by atoms with E-state index >= 15 is 0 Å². The quantitative estimate of drug-likeness (QED) is 0.700. The third-order valence-corrected chi connectivity index (χ3v) is 4.04. The zero-order chi connectivity index (χ0) is 19.1. The van der Waals surface area contributed by atoms with Crippen LogP contribution < -0.4 is 14.8 Å². The first-order chi connectivity index (χ1) is 12.5. The van der Waals surface area contributed by atoms with E-state index in [2.05, 4.69) is 11.9 Å². The number of benzene rings is 2. The molecule has 0 radical (unpaired) electrons. The highest BCUT2D eigenvalue weighted by Crippen LogP contribution is 2.35. The van der Waals surface area contributed by atoms with E-state index in [1.54, 1.807) is 25.3 Å². The van der Waals surface area contributed by atoms with E-state index in [-0.39, 0.29) is 18.1 Å². The van der Waals surface area contributed by atoms with Gasteiger partial charge in [-0.2, -0.15) is 0 Å². The molecule has 0 saturated heterocycles. The molecule has 0 fully saturated rings. The summed E-state index contributed by atoms with van der Waals surface area (Å²) in [6.45, 7) is 9.67. The number of methoxy groups -OCH3 is 1. The molecule has 0 unspecified atom stereocenters. The van der Waals surface area contributed by atoms with Crippen LogP contribution in [0.3, 0.4) is 0 Å². The maximum Gasteiger partial charge on any atom is 0.252 e. The van der Waals surface area contributed by atoms with Crippen LogP contribution in [0.2, 0.25) is 0 Å². The Kier molecular flexibility index (Phi) is 6.84. The van der Waals surface area contributed by atoms with Crippen molar-refractivity contribution in [3.05, 3.63) is 71.8 Å². The number of amides is 1. The summed E-state index contributed by atoms with van der Waals surface area (Å²) in [5, 5.41) is 3.06. The topological polar surface area (TPSA) is 47.6 Å². The van der Waals surface area contributed by atoms with Gasteiger partial charge in [0.25, 0.3) is 5.91 Å². The summed E-state index contributed by atoms with van der Waals surface area (Å²) in [7, 11) is 1.59. The maximum atomic E-state index is 12.9. The third kappa shape index (κ3) is 4.66. The van der Waals surface area contributed by atoms with Crippen LogP contribution >= 0.6 is 0 Å². The predicted molar refractivity (Wildman–Crippen MR) is 105 cm³/mol. The minimum absolute atomic E-state index is 0.0333. The SMILES string of the molecule is C=CCc1c(C(=O)N[C@H](C)c2ccccc2)ccc(OC)c1OC(C)C. The Bertz CT molecular complexity index is 753. The first-order valence-electron chi connectivity index (χ1n) is 8.81. The van der Waals surface area contributed by atoms with Crippen LogP contribution in [0.1, 0.15) is 48.3 Å². The molecule has 2 aromatic rings. The second-order valence-electron chi connectivity index (χ2n) is 6.39. The van der Waals surface area contributed by atoms with E-state index in [1.165, 1.54) is 0 Å². The Morgan fingerprint density at radius 1 is 1.15 bits per heavy atom. The molecule has 0 heterocycles. The molecular formula is C22H27NO3. The molecule has 138 valence electrons. The molecule has 0 aliphatic rings. The van der Waals surface area contributed by atoms with Crippen molar-refractivity contribution in [3.63, 3.8) is 0 Å². The van der Waals surface area contributed by atoms with Crippen LogP contribution in [0, 0.1) is 0 Å². The summed E-state index contributed by atoms with van der Waals surface area (Å²) in [5.41, 5.74) is 2.41. The molecule has 1 N–H and O–H groups in total. The van der Waals surface area contributed by atoms with Gasteiger partial charge in [-0.25, -0.2) is 0 Å². The molecule has 2 rings (SSSR count). The molecule has 1 atom stereocenters. The molecule has 4 heteroatoms. The van der Waals surface area contributed by atoms with Crippen molar-refractivity contribution >= 4 is 5.91 Å². The van der Waals surface area contributed by atoms with Crippen molar-refractivity contribution in [2.24, 2.45) is 0 Å². The van der Waals surface area contributed by atoms with Crippen LogP contribution in [0.15, 0.2) is 55.1 Å². The average Bonchev–Trinajstić information content (AvgIpc) is 2.63. The molecule has 0 spiro atoms. The number of carbonyl (C=O) groups excluding carboxylic acids is 1. The van der Waals surface area contributed by atoms with Gasteiger partial charge in [-0.05, 0) is 44.9 Å². The molecule has 0 aliphatic heterocycles. The average molecular weight is 353 g/mol. The molecule has 2 aromatic carbocycles. The number of nitrogens with one attached hydrogen (secondary N) is 1. The molecule has 1 amide bonds. The Morgan fingerprint density at radius 3 is 2.42 bits per heavy atom. The van der Waals surface area contributed by atoms with Crippen molar-refractivity contribution < 1.29 is 14.3 Å². The van der Waals surface area contributed by atoms with E-state index in [0.29, 0.717) is 23.5 Å². The van der Waals surface area contributed by atoms with E-state index in [0.717, 1.165) is 11.1 Å². The highest BCUT2D eigenvalue weighted by Gasteiger charge is 2.21. The molecule has 0 saturated carbocycles. The Hall–Kier alpha value is -2.75.